The van der Waals surface area contributed by atoms with Crippen molar-refractivity contribution >= 4 is 132 Å². The zero-order chi connectivity index (χ0) is 51.4. The Morgan fingerprint density at radius 2 is 0.636 bits per heavy atom. The molecule has 10 aromatic carbocycles. The van der Waals surface area contributed by atoms with Crippen LogP contribution in [0.25, 0.3) is 0 Å². The van der Waals surface area contributed by atoms with Crippen molar-refractivity contribution in [3.8, 4) is 0 Å². The lowest BCUT2D eigenvalue weighted by Gasteiger charge is -2.47. The minimum Gasteiger partial charge on any atom is -0.311 e. The summed E-state index contributed by atoms with van der Waals surface area (Å²) in [5, 5.41) is 0. The molecule has 4 aliphatic rings. The number of aromatic nitrogens is 1. The summed E-state index contributed by atoms with van der Waals surface area (Å²) in [6.45, 7) is 6.69. The van der Waals surface area contributed by atoms with E-state index < -0.39 is 0 Å². The van der Waals surface area contributed by atoms with E-state index in [-0.39, 0.29) is 18.8 Å². The van der Waals surface area contributed by atoms with Gasteiger partial charge in [0, 0.05) is 68.2 Å². The molecule has 0 bridgehead atoms. The first-order valence-corrected chi connectivity index (χ1v) is 26.8. The second-order valence-corrected chi connectivity index (χ2v) is 21.6. The third kappa shape index (κ3) is 7.02. The van der Waals surface area contributed by atoms with Crippen LogP contribution in [0.4, 0.5) is 85.6 Å². The molecule has 0 aliphatic carbocycles. The van der Waals surface area contributed by atoms with Crippen LogP contribution >= 0.6 is 0 Å². The lowest BCUT2D eigenvalue weighted by molar-refractivity contribution is 0.590. The van der Waals surface area contributed by atoms with Crippen LogP contribution < -0.4 is 57.3 Å². The van der Waals surface area contributed by atoms with E-state index in [1.54, 1.807) is 0 Å². The van der Waals surface area contributed by atoms with Crippen LogP contribution in [0.15, 0.2) is 261 Å². The van der Waals surface area contributed by atoms with E-state index in [2.05, 4.69) is 306 Å². The van der Waals surface area contributed by atoms with Crippen molar-refractivity contribution in [3.05, 3.63) is 266 Å². The molecule has 0 N–H and O–H groups in total. The average molecular weight is 987 g/mol. The molecule has 5 heterocycles. The number of benzene rings is 10. The topological polar surface area (TPSA) is 29.1 Å². The Bertz CT molecular complexity index is 4020. The molecular weight excluding hydrogens is 934 g/mol. The van der Waals surface area contributed by atoms with Crippen LogP contribution in [0, 0.1) is 0 Å². The highest BCUT2D eigenvalue weighted by molar-refractivity contribution is 7.03. The maximum atomic E-state index is 6.27. The summed E-state index contributed by atoms with van der Waals surface area (Å²) in [6.07, 6.45) is 0. The molecule has 0 atom stereocenters. The largest absolute Gasteiger partial charge is 0.311 e. The average Bonchev–Trinajstić information content (AvgIpc) is 3.64. The van der Waals surface area contributed by atoms with Gasteiger partial charge in [-0.05, 0) is 153 Å². The van der Waals surface area contributed by atoms with Crippen LogP contribution in [0.2, 0.25) is 0 Å². The van der Waals surface area contributed by atoms with Crippen molar-refractivity contribution in [2.24, 2.45) is 0 Å². The number of pyridine rings is 1. The molecule has 0 radical (unpaired) electrons. The third-order valence-electron chi connectivity index (χ3n) is 16.1. The first-order chi connectivity index (χ1) is 37.9. The fourth-order valence-electron chi connectivity index (χ4n) is 12.7. The Morgan fingerprint density at radius 3 is 1.04 bits per heavy atom. The molecule has 0 saturated heterocycles. The number of anilines is 15. The highest BCUT2D eigenvalue weighted by Crippen LogP contribution is 2.50. The van der Waals surface area contributed by atoms with E-state index in [1.165, 1.54) is 49.7 Å². The van der Waals surface area contributed by atoms with Gasteiger partial charge in [0.15, 0.2) is 0 Å². The zero-order valence-electron chi connectivity index (χ0n) is 43.2. The van der Waals surface area contributed by atoms with Gasteiger partial charge in [-0.3, -0.25) is 9.80 Å². The summed E-state index contributed by atoms with van der Waals surface area (Å²) >= 11 is 0. The minimum absolute atomic E-state index is 0.128. The summed E-state index contributed by atoms with van der Waals surface area (Å²) in [5.74, 6) is 1.84. The summed E-state index contributed by atoms with van der Waals surface area (Å²) in [6, 6.07) is 95.6. The number of hydrogen-bond donors (Lipinski definition) is 0. The molecule has 1 aromatic heterocycles. The van der Waals surface area contributed by atoms with E-state index in [1.807, 2.05) is 0 Å². The Labute approximate surface area is 451 Å². The van der Waals surface area contributed by atoms with E-state index in [4.69, 9.17) is 4.98 Å². The van der Waals surface area contributed by atoms with Gasteiger partial charge in [-0.15, -0.1) is 0 Å². The van der Waals surface area contributed by atoms with E-state index >= 15 is 0 Å². The fraction of sp³-hybridized carbons (Fsp3) is 0.0580. The van der Waals surface area contributed by atoms with Gasteiger partial charge in [0.2, 0.25) is 0 Å². The Kier molecular flexibility index (Phi) is 10.2. The maximum Gasteiger partial charge on any atom is 0.254 e. The summed E-state index contributed by atoms with van der Waals surface area (Å²) in [5.41, 5.74) is 22.9. The first kappa shape index (κ1) is 44.9. The van der Waals surface area contributed by atoms with Crippen LogP contribution in [-0.2, 0) is 5.41 Å². The van der Waals surface area contributed by atoms with Crippen LogP contribution in [0.5, 0.6) is 0 Å². The predicted molar refractivity (Wildman–Crippen MR) is 326 cm³/mol. The maximum absolute atomic E-state index is 6.27. The second kappa shape index (κ2) is 17.5. The number of para-hydroxylation sites is 8. The molecule has 15 rings (SSSR count). The van der Waals surface area contributed by atoms with Crippen molar-refractivity contribution in [3.63, 3.8) is 0 Å². The highest BCUT2D eigenvalue weighted by atomic mass is 15.3. The quantitative estimate of drug-likeness (QED) is 0.148. The van der Waals surface area contributed by atoms with Crippen molar-refractivity contribution < 1.29 is 0 Å². The molecule has 364 valence electrons. The predicted octanol–water partition coefficient (Wildman–Crippen LogP) is 14.0. The summed E-state index contributed by atoms with van der Waals surface area (Å²) < 4.78 is 0. The Morgan fingerprint density at radius 1 is 0.312 bits per heavy atom. The number of hydrogen-bond acceptors (Lipinski definition) is 6. The molecule has 0 saturated carbocycles. The molecule has 6 nitrogen and oxygen atoms in total. The van der Waals surface area contributed by atoms with Crippen molar-refractivity contribution in [1.82, 2.24) is 4.98 Å². The molecule has 77 heavy (non-hydrogen) atoms. The Hall–Kier alpha value is -9.52. The van der Waals surface area contributed by atoms with Gasteiger partial charge < -0.3 is 14.7 Å². The van der Waals surface area contributed by atoms with Crippen molar-refractivity contribution in [2.45, 2.75) is 26.2 Å². The summed E-state index contributed by atoms with van der Waals surface area (Å²) in [4.78, 5) is 18.6. The van der Waals surface area contributed by atoms with Gasteiger partial charge in [-0.2, -0.15) is 0 Å². The zero-order valence-corrected chi connectivity index (χ0v) is 43.2. The van der Waals surface area contributed by atoms with Gasteiger partial charge in [-0.1, -0.05) is 172 Å². The lowest BCUT2D eigenvalue weighted by atomic mass is 9.30. The first-order valence-electron chi connectivity index (χ1n) is 26.8. The number of fused-ring (bicyclic) bond motifs is 8. The normalized spacial score (nSPS) is 13.5. The third-order valence-corrected chi connectivity index (χ3v) is 16.1. The molecule has 0 fully saturated rings. The minimum atomic E-state index is -0.172. The number of nitrogens with zero attached hydrogens (tertiary/aromatic N) is 6. The molecule has 8 heteroatoms. The monoisotopic (exact) mass is 986 g/mol. The molecule has 0 spiro atoms. The Balaban J connectivity index is 1.07. The van der Waals surface area contributed by atoms with Gasteiger partial charge >= 0.3 is 0 Å². The van der Waals surface area contributed by atoms with E-state index in [0.29, 0.717) is 0 Å². The summed E-state index contributed by atoms with van der Waals surface area (Å²) in [7, 11) is 0. The van der Waals surface area contributed by atoms with E-state index in [9.17, 15) is 0 Å². The molecular formula is C69H52B2N6. The lowest BCUT2D eigenvalue weighted by Crippen LogP contribution is -2.65. The SMILES string of the molecule is CC(C)(C)c1cc2c3c(c1)N(c1ccccc1)c1nc4c(cc1B3c1ccccc1N2c1ccccc1)B1c2ccccc2N(c2ccccc2)c2cc(N(c3ccccc3)c3ccccc3)cc(c21)N4c1ccccc1. The van der Waals surface area contributed by atoms with Gasteiger partial charge in [0.25, 0.3) is 13.4 Å². The highest BCUT2D eigenvalue weighted by Gasteiger charge is 2.49. The smallest absolute Gasteiger partial charge is 0.254 e. The van der Waals surface area contributed by atoms with E-state index in [0.717, 1.165) is 74.2 Å². The molecule has 11 aromatic rings. The molecule has 0 amide bonds. The van der Waals surface area contributed by atoms with Crippen LogP contribution in [0.3, 0.4) is 0 Å². The molecule has 4 aliphatic heterocycles. The van der Waals surface area contributed by atoms with Gasteiger partial charge in [0.05, 0.1) is 5.69 Å². The fourth-order valence-corrected chi connectivity index (χ4v) is 12.7. The van der Waals surface area contributed by atoms with Crippen molar-refractivity contribution in [1.29, 1.82) is 0 Å². The standard InChI is InChI=1S/C69H52B2N6/c1-69(2,3)47-42-61-65-62(43-47)76(52-34-18-8-19-35-52)67-57(70(65)55-38-22-24-40-59(55)74(61)50-30-14-6-15-31-50)46-58-68(72-67)77(53-36-20-9-21-37-53)64-45-54(73(48-26-10-4-11-27-48)49-28-12-5-13-29-49)44-63-66(64)71(58)56-39-23-25-41-60(56)75(63)51-32-16-7-17-33-51/h4-46H,1-3H3. The molecule has 0 unspecified atom stereocenters. The van der Waals surface area contributed by atoms with Gasteiger partial charge in [-0.25, -0.2) is 4.98 Å². The van der Waals surface area contributed by atoms with Crippen LogP contribution in [0.1, 0.15) is 26.3 Å². The second-order valence-electron chi connectivity index (χ2n) is 21.6. The number of rotatable bonds is 7. The van der Waals surface area contributed by atoms with Gasteiger partial charge in [0.1, 0.15) is 11.6 Å². The van der Waals surface area contributed by atoms with Crippen LogP contribution in [-0.4, -0.2) is 18.4 Å². The van der Waals surface area contributed by atoms with Crippen molar-refractivity contribution in [2.75, 3.05) is 24.5 Å².